The molecule has 0 aliphatic carbocycles. The standard InChI is InChI=1S/C12H23N3O3/c1-10(3-4-12(17)18)14-11(16)9-15-7-2-5-13-6-8-15/h10,13H,2-9H2,1H3,(H,14,16)(H,17,18). The maximum Gasteiger partial charge on any atom is 0.303 e. The van der Waals surface area contributed by atoms with Crippen LogP contribution in [0.3, 0.4) is 0 Å². The lowest BCUT2D eigenvalue weighted by atomic mass is 10.2. The third kappa shape index (κ3) is 6.56. The second-order valence-electron chi connectivity index (χ2n) is 4.78. The number of aliphatic carboxylic acids is 1. The van der Waals surface area contributed by atoms with E-state index >= 15 is 0 Å². The Labute approximate surface area is 108 Å². The number of rotatable bonds is 6. The molecular formula is C12H23N3O3. The molecule has 0 spiro atoms. The number of carboxylic acids is 1. The monoisotopic (exact) mass is 257 g/mol. The molecule has 1 amide bonds. The van der Waals surface area contributed by atoms with E-state index in [9.17, 15) is 9.59 Å². The molecule has 6 heteroatoms. The molecule has 1 atom stereocenters. The van der Waals surface area contributed by atoms with E-state index in [0.29, 0.717) is 13.0 Å². The first kappa shape index (κ1) is 14.9. The molecule has 1 fully saturated rings. The predicted molar refractivity (Wildman–Crippen MR) is 68.4 cm³/mol. The summed E-state index contributed by atoms with van der Waals surface area (Å²) in [5.41, 5.74) is 0. The molecule has 0 aromatic rings. The summed E-state index contributed by atoms with van der Waals surface area (Å²) in [6.07, 6.45) is 1.62. The van der Waals surface area contributed by atoms with Crippen molar-refractivity contribution >= 4 is 11.9 Å². The van der Waals surface area contributed by atoms with Gasteiger partial charge in [-0.25, -0.2) is 0 Å². The van der Waals surface area contributed by atoms with Gasteiger partial charge in [0, 0.05) is 25.6 Å². The Morgan fingerprint density at radius 1 is 1.39 bits per heavy atom. The maximum atomic E-state index is 11.8. The van der Waals surface area contributed by atoms with E-state index in [1.807, 2.05) is 6.92 Å². The van der Waals surface area contributed by atoms with E-state index < -0.39 is 5.97 Å². The first-order valence-electron chi connectivity index (χ1n) is 6.52. The third-order valence-electron chi connectivity index (χ3n) is 3.00. The van der Waals surface area contributed by atoms with Gasteiger partial charge >= 0.3 is 5.97 Å². The summed E-state index contributed by atoms with van der Waals surface area (Å²) >= 11 is 0. The van der Waals surface area contributed by atoms with Crippen LogP contribution in [0.2, 0.25) is 0 Å². The Morgan fingerprint density at radius 3 is 2.89 bits per heavy atom. The predicted octanol–water partition coefficient (Wildman–Crippen LogP) is -0.349. The van der Waals surface area contributed by atoms with Crippen molar-refractivity contribution in [2.45, 2.75) is 32.2 Å². The van der Waals surface area contributed by atoms with Gasteiger partial charge in [-0.2, -0.15) is 0 Å². The molecule has 1 rings (SSSR count). The van der Waals surface area contributed by atoms with E-state index in [4.69, 9.17) is 5.11 Å². The van der Waals surface area contributed by atoms with Crippen LogP contribution in [0.1, 0.15) is 26.2 Å². The zero-order valence-electron chi connectivity index (χ0n) is 10.9. The molecule has 0 bridgehead atoms. The zero-order valence-corrected chi connectivity index (χ0v) is 10.9. The highest BCUT2D eigenvalue weighted by Gasteiger charge is 2.14. The van der Waals surface area contributed by atoms with Crippen LogP contribution in [-0.2, 0) is 9.59 Å². The van der Waals surface area contributed by atoms with Crippen molar-refractivity contribution in [3.63, 3.8) is 0 Å². The van der Waals surface area contributed by atoms with Crippen molar-refractivity contribution in [2.75, 3.05) is 32.7 Å². The molecule has 1 unspecified atom stereocenters. The minimum Gasteiger partial charge on any atom is -0.481 e. The van der Waals surface area contributed by atoms with Gasteiger partial charge in [-0.05, 0) is 32.9 Å². The van der Waals surface area contributed by atoms with Gasteiger partial charge in [0.1, 0.15) is 0 Å². The largest absolute Gasteiger partial charge is 0.481 e. The Bertz CT molecular complexity index is 276. The third-order valence-corrected chi connectivity index (χ3v) is 3.00. The molecule has 3 N–H and O–H groups in total. The Balaban J connectivity index is 2.20. The van der Waals surface area contributed by atoms with Crippen LogP contribution < -0.4 is 10.6 Å². The molecule has 6 nitrogen and oxygen atoms in total. The van der Waals surface area contributed by atoms with Crippen LogP contribution >= 0.6 is 0 Å². The summed E-state index contributed by atoms with van der Waals surface area (Å²) in [7, 11) is 0. The van der Waals surface area contributed by atoms with Gasteiger partial charge in [0.25, 0.3) is 0 Å². The van der Waals surface area contributed by atoms with E-state index in [-0.39, 0.29) is 18.4 Å². The zero-order chi connectivity index (χ0) is 13.4. The number of nitrogens with one attached hydrogen (secondary N) is 2. The highest BCUT2D eigenvalue weighted by molar-refractivity contribution is 5.78. The van der Waals surface area contributed by atoms with Crippen LogP contribution in [0.4, 0.5) is 0 Å². The Morgan fingerprint density at radius 2 is 2.17 bits per heavy atom. The molecule has 0 aromatic heterocycles. The van der Waals surface area contributed by atoms with Crippen LogP contribution in [0, 0.1) is 0 Å². The number of carboxylic acid groups (broad SMARTS) is 1. The summed E-state index contributed by atoms with van der Waals surface area (Å²) in [6, 6.07) is -0.0845. The molecule has 1 aliphatic heterocycles. The van der Waals surface area contributed by atoms with Crippen molar-refractivity contribution in [1.82, 2.24) is 15.5 Å². The second kappa shape index (κ2) is 8.05. The van der Waals surface area contributed by atoms with Crippen molar-refractivity contribution in [2.24, 2.45) is 0 Å². The minimum atomic E-state index is -0.824. The van der Waals surface area contributed by atoms with E-state index in [1.54, 1.807) is 0 Å². The van der Waals surface area contributed by atoms with Crippen molar-refractivity contribution in [1.29, 1.82) is 0 Å². The van der Waals surface area contributed by atoms with Gasteiger partial charge in [0.05, 0.1) is 6.54 Å². The minimum absolute atomic E-state index is 0.0187. The second-order valence-corrected chi connectivity index (χ2v) is 4.78. The van der Waals surface area contributed by atoms with Gasteiger partial charge in [-0.1, -0.05) is 0 Å². The van der Waals surface area contributed by atoms with Crippen molar-refractivity contribution in [3.05, 3.63) is 0 Å². The fourth-order valence-corrected chi connectivity index (χ4v) is 2.00. The molecular weight excluding hydrogens is 234 g/mol. The van der Waals surface area contributed by atoms with Gasteiger partial charge in [-0.15, -0.1) is 0 Å². The maximum absolute atomic E-state index is 11.8. The topological polar surface area (TPSA) is 81.7 Å². The van der Waals surface area contributed by atoms with Crippen molar-refractivity contribution in [3.8, 4) is 0 Å². The molecule has 1 heterocycles. The number of carbonyl (C=O) groups excluding carboxylic acids is 1. The normalized spacial score (nSPS) is 18.9. The average molecular weight is 257 g/mol. The lowest BCUT2D eigenvalue weighted by Gasteiger charge is -2.20. The summed E-state index contributed by atoms with van der Waals surface area (Å²) in [5.74, 6) is -0.843. The Kier molecular flexibility index (Phi) is 6.67. The molecule has 1 aliphatic rings. The summed E-state index contributed by atoms with van der Waals surface area (Å²) < 4.78 is 0. The van der Waals surface area contributed by atoms with Gasteiger partial charge in [0.15, 0.2) is 0 Å². The average Bonchev–Trinajstić information content (AvgIpc) is 2.54. The number of hydrogen-bond donors (Lipinski definition) is 3. The van der Waals surface area contributed by atoms with Gasteiger partial charge < -0.3 is 15.7 Å². The number of carbonyl (C=O) groups is 2. The first-order chi connectivity index (χ1) is 8.58. The van der Waals surface area contributed by atoms with E-state index in [0.717, 1.165) is 32.6 Å². The fraction of sp³-hybridized carbons (Fsp3) is 0.833. The molecule has 1 saturated heterocycles. The molecule has 18 heavy (non-hydrogen) atoms. The number of amides is 1. The lowest BCUT2D eigenvalue weighted by Crippen LogP contribution is -2.42. The molecule has 0 aromatic carbocycles. The van der Waals surface area contributed by atoms with Gasteiger partial charge in [-0.3, -0.25) is 14.5 Å². The highest BCUT2D eigenvalue weighted by Crippen LogP contribution is 1.98. The first-order valence-corrected chi connectivity index (χ1v) is 6.52. The van der Waals surface area contributed by atoms with Crippen LogP contribution in [-0.4, -0.2) is 60.6 Å². The van der Waals surface area contributed by atoms with Crippen LogP contribution in [0.25, 0.3) is 0 Å². The van der Waals surface area contributed by atoms with Crippen LogP contribution in [0.15, 0.2) is 0 Å². The van der Waals surface area contributed by atoms with Gasteiger partial charge in [0.2, 0.25) is 5.91 Å². The summed E-state index contributed by atoms with van der Waals surface area (Å²) in [5, 5.41) is 14.7. The highest BCUT2D eigenvalue weighted by atomic mass is 16.4. The van der Waals surface area contributed by atoms with Crippen molar-refractivity contribution < 1.29 is 14.7 Å². The summed E-state index contributed by atoms with van der Waals surface area (Å²) in [4.78, 5) is 24.3. The lowest BCUT2D eigenvalue weighted by molar-refractivity contribution is -0.137. The number of hydrogen-bond acceptors (Lipinski definition) is 4. The molecule has 0 radical (unpaired) electrons. The summed E-state index contributed by atoms with van der Waals surface area (Å²) in [6.45, 7) is 5.99. The van der Waals surface area contributed by atoms with E-state index in [1.165, 1.54) is 0 Å². The smallest absolute Gasteiger partial charge is 0.303 e. The SMILES string of the molecule is CC(CCC(=O)O)NC(=O)CN1CCCNCC1. The van der Waals surface area contributed by atoms with E-state index in [2.05, 4.69) is 15.5 Å². The molecule has 104 valence electrons. The quantitative estimate of drug-likeness (QED) is 0.606. The Hall–Kier alpha value is -1.14. The fourth-order valence-electron chi connectivity index (χ4n) is 2.00. The van der Waals surface area contributed by atoms with Crippen LogP contribution in [0.5, 0.6) is 0 Å². The number of nitrogens with zero attached hydrogens (tertiary/aromatic N) is 1. The molecule has 0 saturated carbocycles.